The van der Waals surface area contributed by atoms with E-state index >= 15 is 0 Å². The number of nitrogens with one attached hydrogen (secondary N) is 1. The molecule has 3 aromatic heterocycles. The first-order valence-electron chi connectivity index (χ1n) is 8.69. The quantitative estimate of drug-likeness (QED) is 0.513. The standard InChI is InChI=1S/C19H19N7O2/c1-25-10-15(8-23-25)14-5-3-4-13(6-14)7-20-18-16-9-24-26(11-17(27)28-2)19(16)22-12-21-18/h3-6,8-10,12H,7,11H2,1-2H3,(H,20,21,22). The Balaban J connectivity index is 1.54. The van der Waals surface area contributed by atoms with Crippen molar-refractivity contribution < 1.29 is 9.53 Å². The molecule has 0 saturated carbocycles. The average Bonchev–Trinajstić information content (AvgIpc) is 3.33. The zero-order chi connectivity index (χ0) is 19.5. The lowest BCUT2D eigenvalue weighted by atomic mass is 10.1. The van der Waals surface area contributed by atoms with Crippen molar-refractivity contribution in [3.8, 4) is 11.1 Å². The molecule has 0 atom stereocenters. The second-order valence-electron chi connectivity index (χ2n) is 6.29. The van der Waals surface area contributed by atoms with Gasteiger partial charge in [0, 0.05) is 25.4 Å². The van der Waals surface area contributed by atoms with Crippen LogP contribution in [0.15, 0.2) is 49.2 Å². The summed E-state index contributed by atoms with van der Waals surface area (Å²) in [5.41, 5.74) is 3.85. The molecule has 9 heteroatoms. The molecule has 0 aliphatic heterocycles. The fourth-order valence-electron chi connectivity index (χ4n) is 2.95. The van der Waals surface area contributed by atoms with Crippen molar-refractivity contribution in [3.05, 3.63) is 54.7 Å². The molecule has 1 N–H and O–H groups in total. The van der Waals surface area contributed by atoms with E-state index in [1.54, 1.807) is 10.9 Å². The highest BCUT2D eigenvalue weighted by molar-refractivity contribution is 5.86. The smallest absolute Gasteiger partial charge is 0.327 e. The van der Waals surface area contributed by atoms with Crippen molar-refractivity contribution in [3.63, 3.8) is 0 Å². The summed E-state index contributed by atoms with van der Waals surface area (Å²) in [7, 11) is 3.24. The lowest BCUT2D eigenvalue weighted by molar-refractivity contribution is -0.141. The Labute approximate surface area is 161 Å². The fraction of sp³-hybridized carbons (Fsp3) is 0.211. The Hall–Kier alpha value is -3.75. The van der Waals surface area contributed by atoms with Crippen molar-refractivity contribution in [2.75, 3.05) is 12.4 Å². The van der Waals surface area contributed by atoms with Crippen molar-refractivity contribution in [2.24, 2.45) is 7.05 Å². The van der Waals surface area contributed by atoms with Gasteiger partial charge in [0.15, 0.2) is 5.65 Å². The monoisotopic (exact) mass is 377 g/mol. The number of hydrogen-bond acceptors (Lipinski definition) is 7. The number of carbonyl (C=O) groups excluding carboxylic acids is 1. The number of rotatable bonds is 6. The number of fused-ring (bicyclic) bond motifs is 1. The lowest BCUT2D eigenvalue weighted by Crippen LogP contribution is -2.13. The largest absolute Gasteiger partial charge is 0.468 e. The molecule has 9 nitrogen and oxygen atoms in total. The van der Waals surface area contributed by atoms with E-state index in [1.165, 1.54) is 18.1 Å². The average molecular weight is 377 g/mol. The highest BCUT2D eigenvalue weighted by atomic mass is 16.5. The molecule has 4 rings (SSSR count). The normalized spacial score (nSPS) is 10.9. The molecule has 0 aliphatic rings. The van der Waals surface area contributed by atoms with Gasteiger partial charge in [-0.1, -0.05) is 18.2 Å². The molecule has 4 aromatic rings. The molecule has 3 heterocycles. The van der Waals surface area contributed by atoms with Crippen LogP contribution in [0.2, 0.25) is 0 Å². The predicted molar refractivity (Wildman–Crippen MR) is 103 cm³/mol. The minimum atomic E-state index is -0.384. The van der Waals surface area contributed by atoms with Gasteiger partial charge >= 0.3 is 5.97 Å². The molecule has 0 fully saturated rings. The molecule has 28 heavy (non-hydrogen) atoms. The highest BCUT2D eigenvalue weighted by Gasteiger charge is 2.12. The topological polar surface area (TPSA) is 99.8 Å². The summed E-state index contributed by atoms with van der Waals surface area (Å²) < 4.78 is 7.97. The van der Waals surface area contributed by atoms with E-state index < -0.39 is 0 Å². The summed E-state index contributed by atoms with van der Waals surface area (Å²) in [5, 5.41) is 12.5. The van der Waals surface area contributed by atoms with Gasteiger partial charge in [0.05, 0.1) is 24.9 Å². The van der Waals surface area contributed by atoms with E-state index in [2.05, 4.69) is 37.6 Å². The summed E-state index contributed by atoms with van der Waals surface area (Å²) in [6.07, 6.45) is 6.92. The number of methoxy groups -OCH3 is 1. The van der Waals surface area contributed by atoms with Gasteiger partial charge in [0.25, 0.3) is 0 Å². The van der Waals surface area contributed by atoms with Gasteiger partial charge in [-0.15, -0.1) is 0 Å². The predicted octanol–water partition coefficient (Wildman–Crippen LogP) is 2.01. The maximum absolute atomic E-state index is 11.5. The molecular weight excluding hydrogens is 358 g/mol. The van der Waals surface area contributed by atoms with E-state index in [0.717, 1.165) is 22.1 Å². The SMILES string of the molecule is COC(=O)Cn1ncc2c(NCc3cccc(-c4cnn(C)c4)c3)ncnc21. The van der Waals surface area contributed by atoms with Crippen LogP contribution in [0.1, 0.15) is 5.56 Å². The second-order valence-corrected chi connectivity index (χ2v) is 6.29. The summed E-state index contributed by atoms with van der Waals surface area (Å²) >= 11 is 0. The summed E-state index contributed by atoms with van der Waals surface area (Å²) in [6.45, 7) is 0.589. The lowest BCUT2D eigenvalue weighted by Gasteiger charge is -2.08. The Bertz CT molecular complexity index is 1130. The molecule has 0 aliphatic carbocycles. The van der Waals surface area contributed by atoms with Crippen LogP contribution < -0.4 is 5.32 Å². The second kappa shape index (κ2) is 7.47. The van der Waals surface area contributed by atoms with Crippen LogP contribution in [0.4, 0.5) is 5.82 Å². The number of benzene rings is 1. The van der Waals surface area contributed by atoms with E-state index in [0.29, 0.717) is 18.0 Å². The van der Waals surface area contributed by atoms with Gasteiger partial charge in [0.2, 0.25) is 0 Å². The Morgan fingerprint density at radius 3 is 2.86 bits per heavy atom. The van der Waals surface area contributed by atoms with Gasteiger partial charge in [0.1, 0.15) is 18.7 Å². The molecule has 142 valence electrons. The first-order valence-corrected chi connectivity index (χ1v) is 8.69. The molecule has 0 amide bonds. The number of ether oxygens (including phenoxy) is 1. The molecule has 0 saturated heterocycles. The number of anilines is 1. The van der Waals surface area contributed by atoms with Gasteiger partial charge < -0.3 is 10.1 Å². The van der Waals surface area contributed by atoms with Gasteiger partial charge in [-0.25, -0.2) is 14.6 Å². The van der Waals surface area contributed by atoms with E-state index in [-0.39, 0.29) is 12.5 Å². The number of aromatic nitrogens is 6. The van der Waals surface area contributed by atoms with Crippen LogP contribution in [-0.4, -0.2) is 42.6 Å². The zero-order valence-electron chi connectivity index (χ0n) is 15.5. The third-order valence-corrected chi connectivity index (χ3v) is 4.37. The van der Waals surface area contributed by atoms with Crippen molar-refractivity contribution in [1.82, 2.24) is 29.5 Å². The summed E-state index contributed by atoms with van der Waals surface area (Å²) in [4.78, 5) is 20.1. The molecule has 0 spiro atoms. The van der Waals surface area contributed by atoms with E-state index in [1.807, 2.05) is 31.6 Å². The number of carbonyl (C=O) groups is 1. The third kappa shape index (κ3) is 3.54. The van der Waals surface area contributed by atoms with Crippen LogP contribution in [0.3, 0.4) is 0 Å². The van der Waals surface area contributed by atoms with Crippen LogP contribution in [0.25, 0.3) is 22.2 Å². The molecule has 0 unspecified atom stereocenters. The maximum atomic E-state index is 11.5. The number of aryl methyl sites for hydroxylation is 1. The van der Waals surface area contributed by atoms with Crippen LogP contribution in [-0.2, 0) is 29.7 Å². The summed E-state index contributed by atoms with van der Waals surface area (Å²) in [6, 6.07) is 8.23. The third-order valence-electron chi connectivity index (χ3n) is 4.37. The highest BCUT2D eigenvalue weighted by Crippen LogP contribution is 2.22. The van der Waals surface area contributed by atoms with Gasteiger partial charge in [-0.05, 0) is 17.2 Å². The van der Waals surface area contributed by atoms with Gasteiger partial charge in [-0.2, -0.15) is 10.2 Å². The molecular formula is C19H19N7O2. The Kier molecular flexibility index (Phi) is 4.71. The maximum Gasteiger partial charge on any atom is 0.327 e. The van der Waals surface area contributed by atoms with Crippen LogP contribution >= 0.6 is 0 Å². The minimum Gasteiger partial charge on any atom is -0.468 e. The molecule has 0 bridgehead atoms. The summed E-state index contributed by atoms with van der Waals surface area (Å²) in [5.74, 6) is 0.276. The zero-order valence-corrected chi connectivity index (χ0v) is 15.5. The van der Waals surface area contributed by atoms with Crippen LogP contribution in [0, 0.1) is 0 Å². The first-order chi connectivity index (χ1) is 13.6. The molecule has 0 radical (unpaired) electrons. The Morgan fingerprint density at radius 2 is 2.07 bits per heavy atom. The minimum absolute atomic E-state index is 0.00358. The van der Waals surface area contributed by atoms with Gasteiger partial charge in [-0.3, -0.25) is 9.48 Å². The number of esters is 1. The van der Waals surface area contributed by atoms with Crippen molar-refractivity contribution >= 4 is 22.8 Å². The van der Waals surface area contributed by atoms with Crippen molar-refractivity contribution in [1.29, 1.82) is 0 Å². The fourth-order valence-corrected chi connectivity index (χ4v) is 2.95. The Morgan fingerprint density at radius 1 is 1.18 bits per heavy atom. The van der Waals surface area contributed by atoms with E-state index in [9.17, 15) is 4.79 Å². The van der Waals surface area contributed by atoms with E-state index in [4.69, 9.17) is 4.74 Å². The van der Waals surface area contributed by atoms with Crippen molar-refractivity contribution in [2.45, 2.75) is 13.1 Å². The number of nitrogens with zero attached hydrogens (tertiary/aromatic N) is 6. The molecule has 1 aromatic carbocycles. The van der Waals surface area contributed by atoms with Crippen LogP contribution in [0.5, 0.6) is 0 Å². The number of hydrogen-bond donors (Lipinski definition) is 1. The first kappa shape index (κ1) is 17.7.